The first-order valence-corrected chi connectivity index (χ1v) is 7.85. The molecule has 1 N–H and O–H groups in total. The maximum Gasteiger partial charge on any atom is 0.343 e. The molecule has 0 aliphatic heterocycles. The molecule has 130 valence electrons. The molecule has 0 heterocycles. The number of hydrogen-bond acceptors (Lipinski definition) is 5. The Labute approximate surface area is 140 Å². The average molecular weight is 322 g/mol. The molecule has 1 aromatic carbocycles. The van der Waals surface area contributed by atoms with Crippen molar-refractivity contribution in [3.63, 3.8) is 0 Å². The minimum absolute atomic E-state index is 0.0627. The van der Waals surface area contributed by atoms with E-state index in [1.54, 1.807) is 0 Å². The van der Waals surface area contributed by atoms with Gasteiger partial charge in [0.1, 0.15) is 5.75 Å². The zero-order valence-electron chi connectivity index (χ0n) is 15.4. The van der Waals surface area contributed by atoms with Gasteiger partial charge in [-0.25, -0.2) is 4.79 Å². The van der Waals surface area contributed by atoms with Crippen LogP contribution in [-0.4, -0.2) is 50.8 Å². The Morgan fingerprint density at radius 3 is 2.26 bits per heavy atom. The first kappa shape index (κ1) is 19.5. The van der Waals surface area contributed by atoms with Gasteiger partial charge in [0.25, 0.3) is 0 Å². The maximum atomic E-state index is 11.2. The number of rotatable bonds is 8. The van der Waals surface area contributed by atoms with Crippen LogP contribution >= 0.6 is 0 Å². The van der Waals surface area contributed by atoms with Crippen molar-refractivity contribution in [3.8, 4) is 5.75 Å². The molecular formula is C18H30N2O3. The van der Waals surface area contributed by atoms with E-state index in [2.05, 4.69) is 55.0 Å². The molecule has 5 heteroatoms. The van der Waals surface area contributed by atoms with Crippen molar-refractivity contribution < 1.29 is 14.3 Å². The fourth-order valence-electron chi connectivity index (χ4n) is 2.23. The van der Waals surface area contributed by atoms with Crippen LogP contribution in [0.1, 0.15) is 30.5 Å². The van der Waals surface area contributed by atoms with Gasteiger partial charge >= 0.3 is 5.97 Å². The van der Waals surface area contributed by atoms with E-state index in [0.717, 1.165) is 30.0 Å². The Balaban J connectivity index is 2.67. The third kappa shape index (κ3) is 5.84. The molecule has 0 aliphatic rings. The van der Waals surface area contributed by atoms with Gasteiger partial charge in [-0.2, -0.15) is 0 Å². The Hall–Kier alpha value is -1.59. The zero-order valence-corrected chi connectivity index (χ0v) is 15.4. The monoisotopic (exact) mass is 322 g/mol. The Morgan fingerprint density at radius 1 is 1.22 bits per heavy atom. The second-order valence-electron chi connectivity index (χ2n) is 6.73. The number of likely N-dealkylation sites (N-methyl/N-ethyl adjacent to an activating group) is 1. The number of carbonyl (C=O) groups is 1. The van der Waals surface area contributed by atoms with Gasteiger partial charge in [-0.3, -0.25) is 0 Å². The van der Waals surface area contributed by atoms with E-state index in [0.29, 0.717) is 0 Å². The number of nitrogens with zero attached hydrogens (tertiary/aromatic N) is 1. The van der Waals surface area contributed by atoms with E-state index in [9.17, 15) is 4.79 Å². The first-order valence-electron chi connectivity index (χ1n) is 7.85. The summed E-state index contributed by atoms with van der Waals surface area (Å²) in [6.07, 6.45) is 0. The molecule has 0 bridgehead atoms. The van der Waals surface area contributed by atoms with E-state index in [1.165, 1.54) is 12.7 Å². The summed E-state index contributed by atoms with van der Waals surface area (Å²) in [5.74, 6) is 0.383. The number of methoxy groups -OCH3 is 1. The molecule has 0 aliphatic carbocycles. The number of benzene rings is 1. The van der Waals surface area contributed by atoms with Gasteiger partial charge in [0.2, 0.25) is 0 Å². The summed E-state index contributed by atoms with van der Waals surface area (Å²) in [4.78, 5) is 13.4. The molecule has 1 aromatic rings. The van der Waals surface area contributed by atoms with E-state index in [4.69, 9.17) is 4.74 Å². The summed E-state index contributed by atoms with van der Waals surface area (Å²) in [6, 6.07) is 4.19. The van der Waals surface area contributed by atoms with E-state index >= 15 is 0 Å². The van der Waals surface area contributed by atoms with Crippen LogP contribution in [0.4, 0.5) is 0 Å². The van der Waals surface area contributed by atoms with E-state index in [1.807, 2.05) is 13.8 Å². The van der Waals surface area contributed by atoms with Crippen LogP contribution in [0.2, 0.25) is 0 Å². The minimum Gasteiger partial charge on any atom is -0.481 e. The van der Waals surface area contributed by atoms with Crippen molar-refractivity contribution in [2.45, 2.75) is 39.8 Å². The number of ether oxygens (including phenoxy) is 2. The summed E-state index contributed by atoms with van der Waals surface area (Å²) in [5, 5.41) is 3.50. The van der Waals surface area contributed by atoms with Crippen LogP contribution in [0, 0.1) is 13.8 Å². The summed E-state index contributed by atoms with van der Waals surface area (Å²) in [5.41, 5.74) is 3.36. The molecule has 0 atom stereocenters. The van der Waals surface area contributed by atoms with Crippen molar-refractivity contribution in [3.05, 3.63) is 28.8 Å². The fraction of sp³-hybridized carbons (Fsp3) is 0.611. The van der Waals surface area contributed by atoms with Crippen LogP contribution in [0.5, 0.6) is 5.75 Å². The summed E-state index contributed by atoms with van der Waals surface area (Å²) < 4.78 is 10.2. The first-order chi connectivity index (χ1) is 10.7. The molecular weight excluding hydrogens is 292 g/mol. The highest BCUT2D eigenvalue weighted by molar-refractivity contribution is 5.71. The average Bonchev–Trinajstić information content (AvgIpc) is 2.45. The van der Waals surface area contributed by atoms with Crippen LogP contribution in [0.25, 0.3) is 0 Å². The van der Waals surface area contributed by atoms with Crippen molar-refractivity contribution in [1.82, 2.24) is 10.2 Å². The summed E-state index contributed by atoms with van der Waals surface area (Å²) in [7, 11) is 5.53. The maximum absolute atomic E-state index is 11.2. The van der Waals surface area contributed by atoms with Crippen LogP contribution in [-0.2, 0) is 16.1 Å². The second-order valence-corrected chi connectivity index (χ2v) is 6.73. The molecule has 5 nitrogen and oxygen atoms in total. The van der Waals surface area contributed by atoms with Crippen LogP contribution in [0.15, 0.2) is 12.1 Å². The van der Waals surface area contributed by atoms with Crippen LogP contribution in [0.3, 0.4) is 0 Å². The quantitative estimate of drug-likeness (QED) is 0.744. The van der Waals surface area contributed by atoms with Crippen molar-refractivity contribution in [1.29, 1.82) is 0 Å². The third-order valence-corrected chi connectivity index (χ3v) is 4.18. The SMILES string of the molecule is COC(=O)COc1c(C)cc(CNCC(C)(C)N(C)C)cc1C. The molecule has 1 rings (SSSR count). The van der Waals surface area contributed by atoms with Crippen molar-refractivity contribution in [2.24, 2.45) is 0 Å². The van der Waals surface area contributed by atoms with Crippen LogP contribution < -0.4 is 10.1 Å². The Kier molecular flexibility index (Phi) is 7.03. The van der Waals surface area contributed by atoms with Gasteiger partial charge in [0, 0.05) is 18.6 Å². The predicted octanol–water partition coefficient (Wildman–Crippen LogP) is 2.29. The van der Waals surface area contributed by atoms with E-state index < -0.39 is 0 Å². The zero-order chi connectivity index (χ0) is 17.6. The predicted molar refractivity (Wildman–Crippen MR) is 92.9 cm³/mol. The lowest BCUT2D eigenvalue weighted by Crippen LogP contribution is -2.46. The summed E-state index contributed by atoms with van der Waals surface area (Å²) >= 11 is 0. The lowest BCUT2D eigenvalue weighted by molar-refractivity contribution is -0.142. The lowest BCUT2D eigenvalue weighted by Gasteiger charge is -2.32. The lowest BCUT2D eigenvalue weighted by atomic mass is 10.0. The van der Waals surface area contributed by atoms with Gasteiger partial charge < -0.3 is 19.7 Å². The molecule has 0 amide bonds. The smallest absolute Gasteiger partial charge is 0.343 e. The van der Waals surface area contributed by atoms with Gasteiger partial charge in [-0.05, 0) is 58.5 Å². The molecule has 0 aromatic heterocycles. The fourth-order valence-corrected chi connectivity index (χ4v) is 2.23. The second kappa shape index (κ2) is 8.31. The van der Waals surface area contributed by atoms with Gasteiger partial charge in [-0.1, -0.05) is 12.1 Å². The Bertz CT molecular complexity index is 516. The summed E-state index contributed by atoms with van der Waals surface area (Å²) in [6.45, 7) is 10.0. The number of esters is 1. The normalized spacial score (nSPS) is 11.7. The number of carbonyl (C=O) groups excluding carboxylic acids is 1. The number of hydrogen-bond donors (Lipinski definition) is 1. The highest BCUT2D eigenvalue weighted by atomic mass is 16.6. The van der Waals surface area contributed by atoms with Crippen molar-refractivity contribution >= 4 is 5.97 Å². The topological polar surface area (TPSA) is 50.8 Å². The molecule has 0 unspecified atom stereocenters. The number of aryl methyl sites for hydroxylation is 2. The standard InChI is InChI=1S/C18H30N2O3/c1-13-8-15(10-19-12-18(3,4)20(5)6)9-14(2)17(13)23-11-16(21)22-7/h8-9,19H,10-12H2,1-7H3. The molecule has 0 spiro atoms. The highest BCUT2D eigenvalue weighted by Crippen LogP contribution is 2.25. The minimum atomic E-state index is -0.375. The highest BCUT2D eigenvalue weighted by Gasteiger charge is 2.19. The molecule has 0 saturated heterocycles. The largest absolute Gasteiger partial charge is 0.481 e. The molecule has 0 fully saturated rings. The number of nitrogens with one attached hydrogen (secondary N) is 1. The van der Waals surface area contributed by atoms with Crippen molar-refractivity contribution in [2.75, 3.05) is 34.4 Å². The van der Waals surface area contributed by atoms with Gasteiger partial charge in [-0.15, -0.1) is 0 Å². The Morgan fingerprint density at radius 2 is 1.78 bits per heavy atom. The van der Waals surface area contributed by atoms with E-state index in [-0.39, 0.29) is 18.1 Å². The van der Waals surface area contributed by atoms with Gasteiger partial charge in [0.15, 0.2) is 6.61 Å². The van der Waals surface area contributed by atoms with Gasteiger partial charge in [0.05, 0.1) is 7.11 Å². The third-order valence-electron chi connectivity index (χ3n) is 4.18. The molecule has 0 saturated carbocycles. The molecule has 0 radical (unpaired) electrons. The molecule has 23 heavy (non-hydrogen) atoms.